The van der Waals surface area contributed by atoms with Crippen LogP contribution in [0, 0.1) is 12.8 Å². The third-order valence-electron chi connectivity index (χ3n) is 5.80. The normalized spacial score (nSPS) is 12.2. The first-order valence-electron chi connectivity index (χ1n) is 12.2. The predicted octanol–water partition coefficient (Wildman–Crippen LogP) is 3.74. The molecule has 0 aliphatic carbocycles. The first kappa shape index (κ1) is 29.2. The maximum Gasteiger partial charge on any atom is 0.242 e. The molecule has 2 aromatic rings. The van der Waals surface area contributed by atoms with E-state index in [1.165, 1.54) is 4.31 Å². The quantitative estimate of drug-likeness (QED) is 0.437. The Hall–Kier alpha value is -3.07. The van der Waals surface area contributed by atoms with Crippen molar-refractivity contribution in [2.75, 3.05) is 30.8 Å². The second-order valence-corrected chi connectivity index (χ2v) is 11.4. The fraction of sp³-hybridized carbons (Fsp3) is 0.481. The topological polar surface area (TPSA) is 96.0 Å². The molecular weight excluding hydrogens is 478 g/mol. The summed E-state index contributed by atoms with van der Waals surface area (Å²) in [6.07, 6.45) is 1.56. The summed E-state index contributed by atoms with van der Waals surface area (Å²) < 4.78 is 31.3. The largest absolute Gasteiger partial charge is 0.497 e. The van der Waals surface area contributed by atoms with Crippen LogP contribution in [0.15, 0.2) is 48.5 Å². The van der Waals surface area contributed by atoms with Crippen LogP contribution in [0.2, 0.25) is 0 Å². The molecule has 1 atom stereocenters. The zero-order valence-corrected chi connectivity index (χ0v) is 23.0. The third kappa shape index (κ3) is 8.86. The standard InChI is InChI=1S/C27H39N3O5S/c1-20(2)18-28-27(32)22(4)29(19-23-10-7-9-21(3)17-23)26(31)11-8-16-30(36(6,33)34)24-12-14-25(35-5)15-13-24/h7,9-10,12-15,17,20,22H,8,11,16,18-19H2,1-6H3,(H,28,32). The number of hydrogen-bond acceptors (Lipinski definition) is 5. The third-order valence-corrected chi connectivity index (χ3v) is 6.99. The molecule has 1 N–H and O–H groups in total. The molecule has 0 aliphatic rings. The van der Waals surface area contributed by atoms with Crippen LogP contribution in [-0.4, -0.2) is 57.6 Å². The molecule has 9 heteroatoms. The van der Waals surface area contributed by atoms with Crippen LogP contribution < -0.4 is 14.4 Å². The highest BCUT2D eigenvalue weighted by Gasteiger charge is 2.26. The van der Waals surface area contributed by atoms with Gasteiger partial charge in [-0.3, -0.25) is 13.9 Å². The molecule has 0 aliphatic heterocycles. The van der Waals surface area contributed by atoms with E-state index in [4.69, 9.17) is 4.74 Å². The molecule has 0 radical (unpaired) electrons. The lowest BCUT2D eigenvalue weighted by Gasteiger charge is -2.30. The number of methoxy groups -OCH3 is 1. The number of rotatable bonds is 13. The minimum absolute atomic E-state index is 0.107. The Bertz CT molecular complexity index is 1120. The maximum absolute atomic E-state index is 13.3. The average Bonchev–Trinajstić information content (AvgIpc) is 2.82. The van der Waals surface area contributed by atoms with E-state index < -0.39 is 16.1 Å². The Labute approximate surface area is 215 Å². The van der Waals surface area contributed by atoms with Crippen molar-refractivity contribution in [3.8, 4) is 5.75 Å². The van der Waals surface area contributed by atoms with Gasteiger partial charge in [0.05, 0.1) is 19.1 Å². The SMILES string of the molecule is COc1ccc(N(CCCC(=O)N(Cc2cccc(C)c2)C(C)C(=O)NCC(C)C)S(C)(=O)=O)cc1. The summed E-state index contributed by atoms with van der Waals surface area (Å²) >= 11 is 0. The molecule has 2 amide bonds. The lowest BCUT2D eigenvalue weighted by Crippen LogP contribution is -2.48. The van der Waals surface area contributed by atoms with Crippen molar-refractivity contribution in [2.45, 2.75) is 53.1 Å². The molecule has 0 fully saturated rings. The van der Waals surface area contributed by atoms with E-state index in [9.17, 15) is 18.0 Å². The van der Waals surface area contributed by atoms with Gasteiger partial charge < -0.3 is 15.0 Å². The lowest BCUT2D eigenvalue weighted by molar-refractivity contribution is -0.140. The Balaban J connectivity index is 2.15. The minimum atomic E-state index is -3.55. The van der Waals surface area contributed by atoms with E-state index in [0.717, 1.165) is 17.4 Å². The van der Waals surface area contributed by atoms with Gasteiger partial charge in [-0.1, -0.05) is 43.7 Å². The second kappa shape index (κ2) is 13.3. The molecule has 0 heterocycles. The summed E-state index contributed by atoms with van der Waals surface area (Å²) in [5.74, 6) is 0.508. The molecule has 0 bridgehead atoms. The second-order valence-electron chi connectivity index (χ2n) is 9.46. The monoisotopic (exact) mass is 517 g/mol. The summed E-state index contributed by atoms with van der Waals surface area (Å²) in [4.78, 5) is 27.7. The number of aryl methyl sites for hydroxylation is 1. The van der Waals surface area contributed by atoms with Gasteiger partial charge in [-0.2, -0.15) is 0 Å². The van der Waals surface area contributed by atoms with E-state index in [0.29, 0.717) is 36.9 Å². The van der Waals surface area contributed by atoms with Crippen molar-refractivity contribution >= 4 is 27.5 Å². The summed E-state index contributed by atoms with van der Waals surface area (Å²) in [5, 5.41) is 2.91. The Morgan fingerprint density at radius 3 is 2.28 bits per heavy atom. The van der Waals surface area contributed by atoms with Crippen molar-refractivity contribution in [1.29, 1.82) is 0 Å². The number of ether oxygens (including phenoxy) is 1. The highest BCUT2D eigenvalue weighted by Crippen LogP contribution is 2.22. The van der Waals surface area contributed by atoms with Crippen LogP contribution in [0.1, 0.15) is 44.7 Å². The van der Waals surface area contributed by atoms with Gasteiger partial charge in [-0.05, 0) is 56.0 Å². The summed E-state index contributed by atoms with van der Waals surface area (Å²) in [6, 6.07) is 13.9. The van der Waals surface area contributed by atoms with Gasteiger partial charge in [0.2, 0.25) is 21.8 Å². The molecule has 0 saturated heterocycles. The smallest absolute Gasteiger partial charge is 0.242 e. The van der Waals surface area contributed by atoms with Crippen molar-refractivity contribution in [2.24, 2.45) is 5.92 Å². The van der Waals surface area contributed by atoms with E-state index in [1.54, 1.807) is 43.2 Å². The summed E-state index contributed by atoms with van der Waals surface area (Å²) in [5.41, 5.74) is 2.51. The number of hydrogen-bond donors (Lipinski definition) is 1. The van der Waals surface area contributed by atoms with Gasteiger partial charge in [0.25, 0.3) is 0 Å². The van der Waals surface area contributed by atoms with E-state index in [-0.39, 0.29) is 24.8 Å². The molecule has 36 heavy (non-hydrogen) atoms. The molecule has 0 saturated carbocycles. The van der Waals surface area contributed by atoms with Crippen molar-refractivity contribution < 1.29 is 22.7 Å². The highest BCUT2D eigenvalue weighted by molar-refractivity contribution is 7.92. The molecule has 0 aromatic heterocycles. The number of benzene rings is 2. The van der Waals surface area contributed by atoms with Gasteiger partial charge in [-0.25, -0.2) is 8.42 Å². The zero-order chi connectivity index (χ0) is 26.9. The number of anilines is 1. The number of carbonyl (C=O) groups is 2. The zero-order valence-electron chi connectivity index (χ0n) is 22.2. The van der Waals surface area contributed by atoms with Crippen LogP contribution in [0.25, 0.3) is 0 Å². The lowest BCUT2D eigenvalue weighted by atomic mass is 10.1. The minimum Gasteiger partial charge on any atom is -0.497 e. The van der Waals surface area contributed by atoms with E-state index in [1.807, 2.05) is 45.0 Å². The highest BCUT2D eigenvalue weighted by atomic mass is 32.2. The van der Waals surface area contributed by atoms with Gasteiger partial charge in [0.1, 0.15) is 11.8 Å². The van der Waals surface area contributed by atoms with Crippen molar-refractivity contribution in [3.05, 3.63) is 59.7 Å². The molecule has 2 aromatic carbocycles. The van der Waals surface area contributed by atoms with Gasteiger partial charge in [-0.15, -0.1) is 0 Å². The maximum atomic E-state index is 13.3. The van der Waals surface area contributed by atoms with Gasteiger partial charge in [0.15, 0.2) is 0 Å². The molecular formula is C27H39N3O5S. The van der Waals surface area contributed by atoms with Crippen molar-refractivity contribution in [1.82, 2.24) is 10.2 Å². The summed E-state index contributed by atoms with van der Waals surface area (Å²) in [7, 11) is -2.01. The fourth-order valence-electron chi connectivity index (χ4n) is 3.79. The molecule has 0 spiro atoms. The number of carbonyl (C=O) groups excluding carboxylic acids is 2. The predicted molar refractivity (Wildman–Crippen MR) is 143 cm³/mol. The number of amides is 2. The van der Waals surface area contributed by atoms with Gasteiger partial charge in [0, 0.05) is 26.1 Å². The van der Waals surface area contributed by atoms with E-state index in [2.05, 4.69) is 5.32 Å². The molecule has 8 nitrogen and oxygen atoms in total. The average molecular weight is 518 g/mol. The first-order valence-corrected chi connectivity index (χ1v) is 14.0. The molecule has 2 rings (SSSR count). The summed E-state index contributed by atoms with van der Waals surface area (Å²) in [6.45, 7) is 8.69. The number of nitrogens with one attached hydrogen (secondary N) is 1. The molecule has 198 valence electrons. The van der Waals surface area contributed by atoms with Gasteiger partial charge >= 0.3 is 0 Å². The van der Waals surface area contributed by atoms with E-state index >= 15 is 0 Å². The molecule has 1 unspecified atom stereocenters. The van der Waals surface area contributed by atoms with Crippen LogP contribution in [0.5, 0.6) is 5.75 Å². The Morgan fingerprint density at radius 1 is 1.06 bits per heavy atom. The first-order chi connectivity index (χ1) is 16.9. The van der Waals surface area contributed by atoms with Crippen molar-refractivity contribution in [3.63, 3.8) is 0 Å². The van der Waals surface area contributed by atoms with Crippen LogP contribution >= 0.6 is 0 Å². The van der Waals surface area contributed by atoms with Crippen LogP contribution in [0.4, 0.5) is 5.69 Å². The van der Waals surface area contributed by atoms with Crippen LogP contribution in [-0.2, 0) is 26.2 Å². The Kier molecular flexibility index (Phi) is 10.8. The number of sulfonamides is 1. The Morgan fingerprint density at radius 2 is 1.72 bits per heavy atom. The fourth-order valence-corrected chi connectivity index (χ4v) is 4.76. The van der Waals surface area contributed by atoms with Crippen LogP contribution in [0.3, 0.4) is 0 Å². The number of nitrogens with zero attached hydrogens (tertiary/aromatic N) is 2.